The van der Waals surface area contributed by atoms with Crippen molar-refractivity contribution in [1.82, 2.24) is 4.90 Å². The Morgan fingerprint density at radius 2 is 2.00 bits per heavy atom. The first kappa shape index (κ1) is 11.1. The third kappa shape index (κ3) is 2.25. The molecule has 2 rings (SSSR count). The molecule has 0 atom stereocenters. The summed E-state index contributed by atoms with van der Waals surface area (Å²) in [5, 5.41) is 0. The van der Waals surface area contributed by atoms with E-state index in [1.165, 1.54) is 0 Å². The molecule has 1 fully saturated rings. The van der Waals surface area contributed by atoms with Gasteiger partial charge in [0, 0.05) is 24.7 Å². The molecule has 0 bridgehead atoms. The number of nitrogens with zero attached hydrogens (tertiary/aromatic N) is 1. The second-order valence-corrected chi connectivity index (χ2v) is 4.22. The van der Waals surface area contributed by atoms with Crippen LogP contribution in [0.2, 0.25) is 0 Å². The summed E-state index contributed by atoms with van der Waals surface area (Å²) in [6, 6.07) is 8.07. The van der Waals surface area contributed by atoms with Crippen molar-refractivity contribution in [3.05, 3.63) is 35.4 Å². The van der Waals surface area contributed by atoms with Crippen LogP contribution in [-0.4, -0.2) is 23.4 Å². The molecule has 16 heavy (non-hydrogen) atoms. The number of nitrogens with two attached hydrogens (primary N) is 1. The van der Waals surface area contributed by atoms with Crippen LogP contribution in [-0.2, 0) is 6.54 Å². The van der Waals surface area contributed by atoms with Crippen LogP contribution in [0.4, 0.5) is 0 Å². The number of amides is 1. The van der Waals surface area contributed by atoms with Gasteiger partial charge >= 0.3 is 0 Å². The Bertz CT molecular complexity index is 368. The molecule has 1 aromatic carbocycles. The van der Waals surface area contributed by atoms with E-state index in [0.29, 0.717) is 12.6 Å². The van der Waals surface area contributed by atoms with E-state index in [9.17, 15) is 4.79 Å². The molecular weight excluding hydrogens is 200 g/mol. The van der Waals surface area contributed by atoms with Gasteiger partial charge in [-0.3, -0.25) is 4.79 Å². The molecule has 0 unspecified atom stereocenters. The Morgan fingerprint density at radius 1 is 1.38 bits per heavy atom. The second-order valence-electron chi connectivity index (χ2n) is 4.22. The third-order valence-corrected chi connectivity index (χ3v) is 3.03. The summed E-state index contributed by atoms with van der Waals surface area (Å²) in [6.07, 6.45) is 2.31. The van der Waals surface area contributed by atoms with E-state index < -0.39 is 0 Å². The Hall–Kier alpha value is -1.35. The fourth-order valence-electron chi connectivity index (χ4n) is 1.90. The first-order valence-electron chi connectivity index (χ1n) is 5.86. The molecule has 3 heteroatoms. The summed E-state index contributed by atoms with van der Waals surface area (Å²) in [5.74, 6) is 0.147. The van der Waals surface area contributed by atoms with Crippen molar-refractivity contribution in [2.75, 3.05) is 6.54 Å². The maximum absolute atomic E-state index is 12.2. The van der Waals surface area contributed by atoms with Crippen LogP contribution in [0.3, 0.4) is 0 Å². The highest BCUT2D eigenvalue weighted by Gasteiger charge is 2.31. The lowest BCUT2D eigenvalue weighted by molar-refractivity contribution is 0.0752. The number of hydrogen-bond donors (Lipinski definition) is 1. The monoisotopic (exact) mass is 218 g/mol. The maximum Gasteiger partial charge on any atom is 0.254 e. The van der Waals surface area contributed by atoms with Crippen molar-refractivity contribution in [2.45, 2.75) is 32.4 Å². The van der Waals surface area contributed by atoms with Crippen LogP contribution in [0.15, 0.2) is 24.3 Å². The first-order chi connectivity index (χ1) is 7.76. The molecule has 1 saturated carbocycles. The van der Waals surface area contributed by atoms with Gasteiger partial charge in [0.1, 0.15) is 0 Å². The van der Waals surface area contributed by atoms with Crippen molar-refractivity contribution in [3.63, 3.8) is 0 Å². The smallest absolute Gasteiger partial charge is 0.254 e. The van der Waals surface area contributed by atoms with E-state index in [4.69, 9.17) is 5.73 Å². The zero-order valence-electron chi connectivity index (χ0n) is 9.65. The predicted molar refractivity (Wildman–Crippen MR) is 64.1 cm³/mol. The lowest BCUT2D eigenvalue weighted by Gasteiger charge is -2.20. The molecule has 0 saturated heterocycles. The number of carbonyl (C=O) groups excluding carboxylic acids is 1. The van der Waals surface area contributed by atoms with Gasteiger partial charge in [-0.05, 0) is 37.5 Å². The van der Waals surface area contributed by atoms with Crippen molar-refractivity contribution < 1.29 is 4.79 Å². The fourth-order valence-corrected chi connectivity index (χ4v) is 1.90. The number of rotatable bonds is 4. The average molecular weight is 218 g/mol. The standard InChI is InChI=1S/C13H18N2O/c1-2-15(12-7-8-12)13(16)11-5-3-10(9-14)4-6-11/h3-6,12H,2,7-9,14H2,1H3. The van der Waals surface area contributed by atoms with Crippen LogP contribution >= 0.6 is 0 Å². The van der Waals surface area contributed by atoms with Crippen LogP contribution in [0.1, 0.15) is 35.7 Å². The van der Waals surface area contributed by atoms with Crippen molar-refractivity contribution in [1.29, 1.82) is 0 Å². The van der Waals surface area contributed by atoms with Gasteiger partial charge in [-0.2, -0.15) is 0 Å². The van der Waals surface area contributed by atoms with Gasteiger partial charge in [0.2, 0.25) is 0 Å². The molecule has 0 radical (unpaired) electrons. The lowest BCUT2D eigenvalue weighted by atomic mass is 10.1. The first-order valence-corrected chi connectivity index (χ1v) is 5.86. The molecule has 1 aromatic rings. The predicted octanol–water partition coefficient (Wildman–Crippen LogP) is 1.77. The second kappa shape index (κ2) is 4.66. The van der Waals surface area contributed by atoms with E-state index in [2.05, 4.69) is 0 Å². The molecule has 1 amide bonds. The van der Waals surface area contributed by atoms with Crippen LogP contribution in [0, 0.1) is 0 Å². The van der Waals surface area contributed by atoms with Gasteiger partial charge in [-0.15, -0.1) is 0 Å². The van der Waals surface area contributed by atoms with E-state index in [-0.39, 0.29) is 5.91 Å². The molecular formula is C13H18N2O. The van der Waals surface area contributed by atoms with Crippen molar-refractivity contribution in [3.8, 4) is 0 Å². The van der Waals surface area contributed by atoms with Gasteiger partial charge < -0.3 is 10.6 Å². The molecule has 3 nitrogen and oxygen atoms in total. The molecule has 86 valence electrons. The summed E-state index contributed by atoms with van der Waals surface area (Å²) >= 11 is 0. The summed E-state index contributed by atoms with van der Waals surface area (Å²) in [4.78, 5) is 14.1. The normalized spacial score (nSPS) is 14.9. The Balaban J connectivity index is 2.12. The molecule has 0 heterocycles. The van der Waals surface area contributed by atoms with E-state index in [1.54, 1.807) is 0 Å². The highest BCUT2D eigenvalue weighted by molar-refractivity contribution is 5.94. The van der Waals surface area contributed by atoms with Gasteiger partial charge in [-0.25, -0.2) is 0 Å². The molecule has 1 aliphatic carbocycles. The Labute approximate surface area is 96.2 Å². The summed E-state index contributed by atoms with van der Waals surface area (Å²) in [5.41, 5.74) is 7.36. The van der Waals surface area contributed by atoms with Crippen LogP contribution < -0.4 is 5.73 Å². The average Bonchev–Trinajstić information content (AvgIpc) is 3.14. The molecule has 0 spiro atoms. The largest absolute Gasteiger partial charge is 0.336 e. The number of benzene rings is 1. The van der Waals surface area contributed by atoms with Crippen molar-refractivity contribution in [2.24, 2.45) is 5.73 Å². The Morgan fingerprint density at radius 3 is 2.44 bits per heavy atom. The van der Waals surface area contributed by atoms with Gasteiger partial charge in [0.05, 0.1) is 0 Å². The Kier molecular flexibility index (Phi) is 3.25. The minimum atomic E-state index is 0.147. The maximum atomic E-state index is 12.2. The minimum Gasteiger partial charge on any atom is -0.336 e. The quantitative estimate of drug-likeness (QED) is 0.837. The summed E-state index contributed by atoms with van der Waals surface area (Å²) in [6.45, 7) is 3.35. The third-order valence-electron chi connectivity index (χ3n) is 3.03. The SMILES string of the molecule is CCN(C(=O)c1ccc(CN)cc1)C1CC1. The number of carbonyl (C=O) groups is 1. The molecule has 1 aliphatic rings. The van der Waals surface area contributed by atoms with E-state index in [1.807, 2.05) is 36.1 Å². The van der Waals surface area contributed by atoms with E-state index in [0.717, 1.165) is 30.5 Å². The molecule has 0 aromatic heterocycles. The fraction of sp³-hybridized carbons (Fsp3) is 0.462. The highest BCUT2D eigenvalue weighted by Crippen LogP contribution is 2.27. The zero-order valence-corrected chi connectivity index (χ0v) is 9.65. The van der Waals surface area contributed by atoms with Crippen LogP contribution in [0.25, 0.3) is 0 Å². The van der Waals surface area contributed by atoms with Gasteiger partial charge in [-0.1, -0.05) is 12.1 Å². The topological polar surface area (TPSA) is 46.3 Å². The highest BCUT2D eigenvalue weighted by atomic mass is 16.2. The minimum absolute atomic E-state index is 0.147. The van der Waals surface area contributed by atoms with Crippen molar-refractivity contribution >= 4 is 5.91 Å². The lowest BCUT2D eigenvalue weighted by Crippen LogP contribution is -2.32. The van der Waals surface area contributed by atoms with Gasteiger partial charge in [0.25, 0.3) is 5.91 Å². The van der Waals surface area contributed by atoms with Crippen LogP contribution in [0.5, 0.6) is 0 Å². The van der Waals surface area contributed by atoms with E-state index >= 15 is 0 Å². The van der Waals surface area contributed by atoms with Gasteiger partial charge in [0.15, 0.2) is 0 Å². The number of hydrogen-bond acceptors (Lipinski definition) is 2. The molecule has 0 aliphatic heterocycles. The summed E-state index contributed by atoms with van der Waals surface area (Å²) in [7, 11) is 0. The summed E-state index contributed by atoms with van der Waals surface area (Å²) < 4.78 is 0. The molecule has 2 N–H and O–H groups in total. The zero-order chi connectivity index (χ0) is 11.5.